The number of Topliss-reactive ketones (excluding diaryl/α,β-unsaturated/α-hetero) is 1. The summed E-state index contributed by atoms with van der Waals surface area (Å²) in [6, 6.07) is 9.51. The van der Waals surface area contributed by atoms with Crippen molar-refractivity contribution >= 4 is 11.9 Å². The van der Waals surface area contributed by atoms with Crippen LogP contribution in [0.1, 0.15) is 56.0 Å². The lowest BCUT2D eigenvalue weighted by Crippen LogP contribution is -2.37. The summed E-state index contributed by atoms with van der Waals surface area (Å²) >= 11 is 0. The van der Waals surface area contributed by atoms with Crippen molar-refractivity contribution in [2.24, 2.45) is 0 Å². The monoisotopic (exact) mass is 375 g/mol. The zero-order valence-electron chi connectivity index (χ0n) is 16.3. The van der Waals surface area contributed by atoms with Crippen LogP contribution in [0.25, 0.3) is 0 Å². The molecule has 2 rings (SSSR count). The topological polar surface area (TPSA) is 59.8 Å². The fourth-order valence-electron chi connectivity index (χ4n) is 2.49. The third kappa shape index (κ3) is 6.55. The minimum absolute atomic E-state index is 0.149. The first-order valence-corrected chi connectivity index (χ1v) is 9.02. The van der Waals surface area contributed by atoms with Crippen molar-refractivity contribution in [2.45, 2.75) is 46.1 Å². The molecule has 0 bridgehead atoms. The summed E-state index contributed by atoms with van der Waals surface area (Å²) in [5, 5.41) is 0. The molecule has 1 heterocycles. The second-order valence-electron chi connectivity index (χ2n) is 7.30. The Hall–Kier alpha value is -2.63. The first-order chi connectivity index (χ1) is 12.7. The number of hydrogen-bond donors (Lipinski definition) is 0. The molecule has 1 aromatic heterocycles. The molecule has 0 aliphatic carbocycles. The van der Waals surface area contributed by atoms with Crippen LogP contribution in [0.15, 0.2) is 40.8 Å². The normalized spacial score (nSPS) is 11.3. The molecule has 0 saturated carbocycles. The molecule has 0 spiro atoms. The van der Waals surface area contributed by atoms with Crippen LogP contribution in [0.5, 0.6) is 0 Å². The van der Waals surface area contributed by atoms with E-state index in [1.807, 2.05) is 6.92 Å². The molecule has 146 valence electrons. The van der Waals surface area contributed by atoms with Crippen LogP contribution < -0.4 is 0 Å². The first-order valence-electron chi connectivity index (χ1n) is 9.02. The Kier molecular flexibility index (Phi) is 6.77. The minimum atomic E-state index is -0.579. The molecule has 0 aliphatic rings. The summed E-state index contributed by atoms with van der Waals surface area (Å²) in [6.07, 6.45) is 0.192. The maximum atomic E-state index is 13.0. The van der Waals surface area contributed by atoms with Crippen LogP contribution in [0.2, 0.25) is 0 Å². The first kappa shape index (κ1) is 20.7. The van der Waals surface area contributed by atoms with E-state index in [1.165, 1.54) is 17.0 Å². The number of nitrogens with zero attached hydrogens (tertiary/aromatic N) is 1. The van der Waals surface area contributed by atoms with Gasteiger partial charge in [-0.2, -0.15) is 0 Å². The molecule has 6 heteroatoms. The van der Waals surface area contributed by atoms with Crippen LogP contribution in [0, 0.1) is 5.82 Å². The maximum Gasteiger partial charge on any atom is 0.410 e. The van der Waals surface area contributed by atoms with Crippen molar-refractivity contribution in [3.05, 3.63) is 59.3 Å². The molecule has 1 amide bonds. The largest absolute Gasteiger partial charge is 0.458 e. The van der Waals surface area contributed by atoms with E-state index in [9.17, 15) is 14.0 Å². The van der Waals surface area contributed by atoms with Crippen molar-refractivity contribution in [3.8, 4) is 0 Å². The number of furan rings is 1. The second kappa shape index (κ2) is 8.84. The number of carbonyl (C=O) groups is 2. The van der Waals surface area contributed by atoms with Crippen molar-refractivity contribution in [1.29, 1.82) is 0 Å². The van der Waals surface area contributed by atoms with Gasteiger partial charge in [-0.05, 0) is 57.5 Å². The van der Waals surface area contributed by atoms with Crippen molar-refractivity contribution in [1.82, 2.24) is 4.90 Å². The Morgan fingerprint density at radius 2 is 1.78 bits per heavy atom. The lowest BCUT2D eigenvalue weighted by atomic mass is 10.1. The molecule has 0 N–H and O–H groups in total. The van der Waals surface area contributed by atoms with E-state index >= 15 is 0 Å². The molecule has 1 aromatic carbocycles. The van der Waals surface area contributed by atoms with E-state index < -0.39 is 11.7 Å². The van der Waals surface area contributed by atoms with E-state index in [-0.39, 0.29) is 30.3 Å². The molecule has 0 fully saturated rings. The fourth-order valence-corrected chi connectivity index (χ4v) is 2.49. The van der Waals surface area contributed by atoms with Crippen LogP contribution in [0.4, 0.5) is 9.18 Å². The molecule has 2 aromatic rings. The highest BCUT2D eigenvalue weighted by molar-refractivity contribution is 5.93. The summed E-state index contributed by atoms with van der Waals surface area (Å²) in [7, 11) is 0. The molecule has 0 atom stereocenters. The van der Waals surface area contributed by atoms with Gasteiger partial charge in [0, 0.05) is 25.9 Å². The molecular weight excluding hydrogens is 349 g/mol. The molecule has 0 unspecified atom stereocenters. The molecule has 27 heavy (non-hydrogen) atoms. The van der Waals surface area contributed by atoms with Gasteiger partial charge in [-0.25, -0.2) is 9.18 Å². The van der Waals surface area contributed by atoms with Gasteiger partial charge in [0.15, 0.2) is 11.5 Å². The van der Waals surface area contributed by atoms with Crippen molar-refractivity contribution in [2.75, 3.05) is 13.1 Å². The number of hydrogen-bond acceptors (Lipinski definition) is 4. The highest BCUT2D eigenvalue weighted by Crippen LogP contribution is 2.16. The van der Waals surface area contributed by atoms with Crippen LogP contribution in [-0.4, -0.2) is 35.5 Å². The van der Waals surface area contributed by atoms with Gasteiger partial charge in [0.25, 0.3) is 0 Å². The van der Waals surface area contributed by atoms with Gasteiger partial charge in [0.05, 0.1) is 0 Å². The molecule has 0 saturated heterocycles. The Morgan fingerprint density at radius 3 is 2.37 bits per heavy atom. The number of ketones is 1. The molecule has 0 radical (unpaired) electrons. The van der Waals surface area contributed by atoms with Crippen LogP contribution in [-0.2, 0) is 11.2 Å². The second-order valence-corrected chi connectivity index (χ2v) is 7.30. The van der Waals surface area contributed by atoms with Gasteiger partial charge < -0.3 is 14.1 Å². The van der Waals surface area contributed by atoms with Gasteiger partial charge >= 0.3 is 6.09 Å². The quantitative estimate of drug-likeness (QED) is 0.650. The summed E-state index contributed by atoms with van der Waals surface area (Å²) in [5.41, 5.74) is 0.317. The van der Waals surface area contributed by atoms with Gasteiger partial charge in [0.1, 0.15) is 17.2 Å². The highest BCUT2D eigenvalue weighted by atomic mass is 19.1. The predicted molar refractivity (Wildman–Crippen MR) is 100 cm³/mol. The average Bonchev–Trinajstić information content (AvgIpc) is 3.04. The summed E-state index contributed by atoms with van der Waals surface area (Å²) in [5.74, 6) is 0.415. The van der Waals surface area contributed by atoms with Crippen LogP contribution >= 0.6 is 0 Å². The maximum absolute atomic E-state index is 13.0. The molecule has 0 aliphatic heterocycles. The lowest BCUT2D eigenvalue weighted by Gasteiger charge is -2.26. The predicted octanol–water partition coefficient (Wildman–Crippen LogP) is 4.84. The van der Waals surface area contributed by atoms with Crippen molar-refractivity contribution < 1.29 is 23.1 Å². The highest BCUT2D eigenvalue weighted by Gasteiger charge is 2.22. The zero-order valence-corrected chi connectivity index (χ0v) is 16.3. The Balaban J connectivity index is 1.91. The van der Waals surface area contributed by atoms with Crippen LogP contribution in [0.3, 0.4) is 0 Å². The van der Waals surface area contributed by atoms with Gasteiger partial charge in [-0.3, -0.25) is 4.79 Å². The summed E-state index contributed by atoms with van der Waals surface area (Å²) in [6.45, 7) is 7.96. The summed E-state index contributed by atoms with van der Waals surface area (Å²) < 4.78 is 23.9. The SMILES string of the molecule is CCN(CCC(=O)c1ccc(Cc2ccc(F)cc2)o1)C(=O)OC(C)(C)C. The van der Waals surface area contributed by atoms with Gasteiger partial charge in [-0.1, -0.05) is 12.1 Å². The lowest BCUT2D eigenvalue weighted by molar-refractivity contribution is 0.0259. The Bertz CT molecular complexity index is 774. The average molecular weight is 375 g/mol. The minimum Gasteiger partial charge on any atom is -0.458 e. The Morgan fingerprint density at radius 1 is 1.11 bits per heavy atom. The van der Waals surface area contributed by atoms with E-state index in [0.717, 1.165) is 5.56 Å². The van der Waals surface area contributed by atoms with Crippen molar-refractivity contribution in [3.63, 3.8) is 0 Å². The van der Waals surface area contributed by atoms with E-state index in [4.69, 9.17) is 9.15 Å². The zero-order chi connectivity index (χ0) is 20.0. The number of carbonyl (C=O) groups excluding carboxylic acids is 2. The third-order valence-corrected chi connectivity index (χ3v) is 3.87. The standard InChI is InChI=1S/C21H26FNO4/c1-5-23(20(25)27-21(2,3)4)13-12-18(24)19-11-10-17(26-19)14-15-6-8-16(22)9-7-15/h6-11H,5,12-14H2,1-4H3. The van der Waals surface area contributed by atoms with Gasteiger partial charge in [-0.15, -0.1) is 0 Å². The number of benzene rings is 1. The molecular formula is C21H26FNO4. The smallest absolute Gasteiger partial charge is 0.410 e. The number of ether oxygens (including phenoxy) is 1. The number of amides is 1. The van der Waals surface area contributed by atoms with E-state index in [0.29, 0.717) is 18.7 Å². The van der Waals surface area contributed by atoms with Gasteiger partial charge in [0.2, 0.25) is 0 Å². The van der Waals surface area contributed by atoms with E-state index in [2.05, 4.69) is 0 Å². The number of rotatable bonds is 7. The Labute approximate surface area is 159 Å². The molecule has 5 nitrogen and oxygen atoms in total. The van der Waals surface area contributed by atoms with E-state index in [1.54, 1.807) is 45.0 Å². The third-order valence-electron chi connectivity index (χ3n) is 3.87. The fraction of sp³-hybridized carbons (Fsp3) is 0.429. The number of halogens is 1. The summed E-state index contributed by atoms with van der Waals surface area (Å²) in [4.78, 5) is 26.0.